The van der Waals surface area contributed by atoms with E-state index in [1.807, 2.05) is 0 Å². The molecule has 16 heavy (non-hydrogen) atoms. The van der Waals surface area contributed by atoms with E-state index in [2.05, 4.69) is 22.3 Å². The second kappa shape index (κ2) is 4.92. The number of aromatic nitrogens is 2. The van der Waals surface area contributed by atoms with E-state index in [1.165, 1.54) is 0 Å². The lowest BCUT2D eigenvalue weighted by Gasteiger charge is -2.06. The predicted molar refractivity (Wildman–Crippen MR) is 55.3 cm³/mol. The van der Waals surface area contributed by atoms with Gasteiger partial charge in [0.15, 0.2) is 6.61 Å². The molecule has 0 saturated carbocycles. The van der Waals surface area contributed by atoms with Gasteiger partial charge in [-0.25, -0.2) is 0 Å². The van der Waals surface area contributed by atoms with Gasteiger partial charge in [-0.05, 0) is 18.8 Å². The van der Waals surface area contributed by atoms with Crippen molar-refractivity contribution < 1.29 is 14.1 Å². The summed E-state index contributed by atoms with van der Waals surface area (Å²) in [6.07, 6.45) is 6.70. The van der Waals surface area contributed by atoms with Crippen molar-refractivity contribution in [3.8, 4) is 0 Å². The SMILES string of the molecule is Cc1nc(COC(=O)CC2C=CCC2)no1. The van der Waals surface area contributed by atoms with E-state index < -0.39 is 0 Å². The summed E-state index contributed by atoms with van der Waals surface area (Å²) in [6.45, 7) is 1.79. The lowest BCUT2D eigenvalue weighted by molar-refractivity contribution is -0.146. The molecule has 2 rings (SSSR count). The van der Waals surface area contributed by atoms with Crippen LogP contribution >= 0.6 is 0 Å². The molecule has 1 unspecified atom stereocenters. The van der Waals surface area contributed by atoms with Crippen LogP contribution in [0.5, 0.6) is 0 Å². The first kappa shape index (κ1) is 10.9. The number of nitrogens with zero attached hydrogens (tertiary/aromatic N) is 2. The van der Waals surface area contributed by atoms with Crippen LogP contribution in [-0.2, 0) is 16.1 Å². The van der Waals surface area contributed by atoms with E-state index in [9.17, 15) is 4.79 Å². The zero-order valence-electron chi connectivity index (χ0n) is 9.18. The molecule has 0 aromatic carbocycles. The molecule has 1 atom stereocenters. The minimum Gasteiger partial charge on any atom is -0.457 e. The third-order valence-corrected chi connectivity index (χ3v) is 2.47. The molecule has 0 bridgehead atoms. The maximum absolute atomic E-state index is 11.4. The number of carbonyl (C=O) groups excluding carboxylic acids is 1. The molecular formula is C11H14N2O3. The monoisotopic (exact) mass is 222 g/mol. The van der Waals surface area contributed by atoms with Crippen LogP contribution in [0.25, 0.3) is 0 Å². The maximum Gasteiger partial charge on any atom is 0.306 e. The smallest absolute Gasteiger partial charge is 0.306 e. The quantitative estimate of drug-likeness (QED) is 0.574. The van der Waals surface area contributed by atoms with E-state index in [0.29, 0.717) is 24.1 Å². The van der Waals surface area contributed by atoms with E-state index in [-0.39, 0.29) is 12.6 Å². The van der Waals surface area contributed by atoms with Crippen molar-refractivity contribution in [3.63, 3.8) is 0 Å². The van der Waals surface area contributed by atoms with Gasteiger partial charge in [-0.15, -0.1) is 0 Å². The Balaban J connectivity index is 1.73. The van der Waals surface area contributed by atoms with Gasteiger partial charge in [0.1, 0.15) is 0 Å². The summed E-state index contributed by atoms with van der Waals surface area (Å²) in [5, 5.41) is 3.64. The van der Waals surface area contributed by atoms with Crippen LogP contribution < -0.4 is 0 Å². The zero-order valence-corrected chi connectivity index (χ0v) is 9.18. The van der Waals surface area contributed by atoms with Gasteiger partial charge in [0.25, 0.3) is 0 Å². The summed E-state index contributed by atoms with van der Waals surface area (Å²) in [4.78, 5) is 15.4. The van der Waals surface area contributed by atoms with Crippen LogP contribution in [0.1, 0.15) is 31.0 Å². The summed E-state index contributed by atoms with van der Waals surface area (Å²) >= 11 is 0. The third kappa shape index (κ3) is 2.92. The van der Waals surface area contributed by atoms with Crippen LogP contribution in [0.4, 0.5) is 0 Å². The Morgan fingerprint density at radius 3 is 3.19 bits per heavy atom. The third-order valence-electron chi connectivity index (χ3n) is 2.47. The Kier molecular flexibility index (Phi) is 3.34. The van der Waals surface area contributed by atoms with Crippen LogP contribution in [0.2, 0.25) is 0 Å². The van der Waals surface area contributed by atoms with Gasteiger partial charge in [-0.3, -0.25) is 4.79 Å². The molecule has 1 aromatic heterocycles. The van der Waals surface area contributed by atoms with Gasteiger partial charge in [0, 0.05) is 6.92 Å². The molecule has 0 radical (unpaired) electrons. The number of hydrogen-bond acceptors (Lipinski definition) is 5. The van der Waals surface area contributed by atoms with Gasteiger partial charge in [0.2, 0.25) is 11.7 Å². The Bertz CT molecular complexity index is 398. The van der Waals surface area contributed by atoms with Gasteiger partial charge < -0.3 is 9.26 Å². The highest BCUT2D eigenvalue weighted by molar-refractivity contribution is 5.70. The Labute approximate surface area is 93.5 Å². The second-order valence-electron chi connectivity index (χ2n) is 3.86. The van der Waals surface area contributed by atoms with Crippen LogP contribution in [0.15, 0.2) is 16.7 Å². The number of rotatable bonds is 4. The van der Waals surface area contributed by atoms with Gasteiger partial charge >= 0.3 is 5.97 Å². The first-order valence-electron chi connectivity index (χ1n) is 5.35. The molecule has 0 aliphatic heterocycles. The number of carbonyl (C=O) groups is 1. The van der Waals surface area contributed by atoms with Crippen molar-refractivity contribution >= 4 is 5.97 Å². The van der Waals surface area contributed by atoms with Crippen molar-refractivity contribution in [2.45, 2.75) is 32.8 Å². The summed E-state index contributed by atoms with van der Waals surface area (Å²) in [5.74, 6) is 1.01. The molecule has 1 heterocycles. The molecule has 0 spiro atoms. The van der Waals surface area contributed by atoms with Gasteiger partial charge in [-0.2, -0.15) is 4.98 Å². The molecule has 0 N–H and O–H groups in total. The average Bonchev–Trinajstić information content (AvgIpc) is 2.87. The number of esters is 1. The average molecular weight is 222 g/mol. The zero-order chi connectivity index (χ0) is 11.4. The van der Waals surface area contributed by atoms with Crippen LogP contribution in [0, 0.1) is 12.8 Å². The fourth-order valence-corrected chi connectivity index (χ4v) is 1.68. The minimum absolute atomic E-state index is 0.0899. The van der Waals surface area contributed by atoms with E-state index in [4.69, 9.17) is 9.26 Å². The van der Waals surface area contributed by atoms with Gasteiger partial charge in [-0.1, -0.05) is 17.3 Å². The van der Waals surface area contributed by atoms with E-state index in [0.717, 1.165) is 12.8 Å². The summed E-state index contributed by atoms with van der Waals surface area (Å²) in [6, 6.07) is 0. The maximum atomic E-state index is 11.4. The number of hydrogen-bond donors (Lipinski definition) is 0. The van der Waals surface area contributed by atoms with Crippen molar-refractivity contribution in [2.75, 3.05) is 0 Å². The van der Waals surface area contributed by atoms with Crippen molar-refractivity contribution in [1.82, 2.24) is 10.1 Å². The summed E-state index contributed by atoms with van der Waals surface area (Å²) in [5.41, 5.74) is 0. The first-order valence-corrected chi connectivity index (χ1v) is 5.35. The minimum atomic E-state index is -0.209. The van der Waals surface area contributed by atoms with Crippen LogP contribution in [0.3, 0.4) is 0 Å². The molecule has 1 aliphatic carbocycles. The van der Waals surface area contributed by atoms with E-state index >= 15 is 0 Å². The molecule has 0 fully saturated rings. The van der Waals surface area contributed by atoms with Crippen LogP contribution in [-0.4, -0.2) is 16.1 Å². The lowest BCUT2D eigenvalue weighted by atomic mass is 10.1. The Hall–Kier alpha value is -1.65. The Morgan fingerprint density at radius 2 is 2.56 bits per heavy atom. The number of aryl methyl sites for hydroxylation is 1. The molecule has 86 valence electrons. The lowest BCUT2D eigenvalue weighted by Crippen LogP contribution is -2.09. The largest absolute Gasteiger partial charge is 0.457 e. The summed E-state index contributed by atoms with van der Waals surface area (Å²) in [7, 11) is 0. The molecule has 1 aromatic rings. The predicted octanol–water partition coefficient (Wildman–Crippen LogP) is 1.78. The first-order chi connectivity index (χ1) is 7.74. The second-order valence-corrected chi connectivity index (χ2v) is 3.86. The van der Waals surface area contributed by atoms with Crippen molar-refractivity contribution in [3.05, 3.63) is 23.9 Å². The highest BCUT2D eigenvalue weighted by Crippen LogP contribution is 2.20. The molecule has 0 amide bonds. The molecule has 5 nitrogen and oxygen atoms in total. The molecular weight excluding hydrogens is 208 g/mol. The van der Waals surface area contributed by atoms with E-state index in [1.54, 1.807) is 6.92 Å². The topological polar surface area (TPSA) is 65.2 Å². The summed E-state index contributed by atoms with van der Waals surface area (Å²) < 4.78 is 9.81. The molecule has 1 aliphatic rings. The van der Waals surface area contributed by atoms with Crippen molar-refractivity contribution in [2.24, 2.45) is 5.92 Å². The highest BCUT2D eigenvalue weighted by atomic mass is 16.5. The highest BCUT2D eigenvalue weighted by Gasteiger charge is 2.15. The van der Waals surface area contributed by atoms with Crippen molar-refractivity contribution in [1.29, 1.82) is 0 Å². The number of allylic oxidation sites excluding steroid dienone is 2. The molecule has 5 heteroatoms. The fourth-order valence-electron chi connectivity index (χ4n) is 1.68. The molecule has 0 saturated heterocycles. The Morgan fingerprint density at radius 1 is 1.69 bits per heavy atom. The number of ether oxygens (including phenoxy) is 1. The van der Waals surface area contributed by atoms with Gasteiger partial charge in [0.05, 0.1) is 6.42 Å². The standard InChI is InChI=1S/C11H14N2O3/c1-8-12-10(13-16-8)7-15-11(14)6-9-4-2-3-5-9/h2,4,9H,3,5-7H2,1H3. The fraction of sp³-hybridized carbons (Fsp3) is 0.545. The normalized spacial score (nSPS) is 18.9.